The zero-order valence-corrected chi connectivity index (χ0v) is 10.9. The Labute approximate surface area is 107 Å². The van der Waals surface area contributed by atoms with Crippen molar-refractivity contribution in [2.24, 2.45) is 0 Å². The molecule has 1 heterocycles. The molecule has 94 valence electrons. The summed E-state index contributed by atoms with van der Waals surface area (Å²) < 4.78 is 5.59. The second kappa shape index (κ2) is 4.58. The van der Waals surface area contributed by atoms with Gasteiger partial charge in [-0.15, -0.1) is 0 Å². The van der Waals surface area contributed by atoms with E-state index in [0.29, 0.717) is 6.04 Å². The SMILES string of the molecule is Cc1ccc(C)c(-c2ocnc2CNC2CC2)c1. The molecule has 1 aliphatic carbocycles. The number of hydrogen-bond acceptors (Lipinski definition) is 3. The Morgan fingerprint density at radius 3 is 2.94 bits per heavy atom. The smallest absolute Gasteiger partial charge is 0.181 e. The number of rotatable bonds is 4. The molecule has 0 bridgehead atoms. The second-order valence-electron chi connectivity index (χ2n) is 5.10. The van der Waals surface area contributed by atoms with Gasteiger partial charge in [-0.3, -0.25) is 0 Å². The molecule has 0 atom stereocenters. The van der Waals surface area contributed by atoms with Crippen molar-refractivity contribution in [2.45, 2.75) is 39.3 Å². The first kappa shape index (κ1) is 11.5. The lowest BCUT2D eigenvalue weighted by atomic mass is 10.0. The number of nitrogens with zero attached hydrogens (tertiary/aromatic N) is 1. The molecule has 1 N–H and O–H groups in total. The van der Waals surface area contributed by atoms with Crippen molar-refractivity contribution < 1.29 is 4.42 Å². The van der Waals surface area contributed by atoms with E-state index in [2.05, 4.69) is 42.3 Å². The van der Waals surface area contributed by atoms with E-state index >= 15 is 0 Å². The Balaban J connectivity index is 1.90. The van der Waals surface area contributed by atoms with E-state index in [1.54, 1.807) is 6.39 Å². The molecule has 2 aromatic rings. The molecule has 1 saturated carbocycles. The van der Waals surface area contributed by atoms with Crippen LogP contribution >= 0.6 is 0 Å². The molecule has 0 spiro atoms. The third kappa shape index (κ3) is 2.31. The average molecular weight is 242 g/mol. The lowest BCUT2D eigenvalue weighted by molar-refractivity contribution is 0.569. The lowest BCUT2D eigenvalue weighted by Gasteiger charge is -2.06. The van der Waals surface area contributed by atoms with Gasteiger partial charge in [0.25, 0.3) is 0 Å². The van der Waals surface area contributed by atoms with Gasteiger partial charge in [0.1, 0.15) is 5.69 Å². The van der Waals surface area contributed by atoms with Crippen LogP contribution in [-0.2, 0) is 6.54 Å². The van der Waals surface area contributed by atoms with Gasteiger partial charge in [-0.2, -0.15) is 0 Å². The van der Waals surface area contributed by atoms with Gasteiger partial charge in [0.15, 0.2) is 12.2 Å². The van der Waals surface area contributed by atoms with E-state index in [0.717, 1.165) is 23.6 Å². The van der Waals surface area contributed by atoms with E-state index < -0.39 is 0 Å². The largest absolute Gasteiger partial charge is 0.443 e. The van der Waals surface area contributed by atoms with Crippen LogP contribution < -0.4 is 5.32 Å². The third-order valence-electron chi connectivity index (χ3n) is 3.41. The molecule has 3 nitrogen and oxygen atoms in total. The van der Waals surface area contributed by atoms with Gasteiger partial charge in [-0.05, 0) is 38.3 Å². The molecule has 3 heteroatoms. The predicted molar refractivity (Wildman–Crippen MR) is 71.3 cm³/mol. The highest BCUT2D eigenvalue weighted by Gasteiger charge is 2.22. The fourth-order valence-corrected chi connectivity index (χ4v) is 2.12. The van der Waals surface area contributed by atoms with Crippen LogP contribution in [0.25, 0.3) is 11.3 Å². The fraction of sp³-hybridized carbons (Fsp3) is 0.400. The number of nitrogens with one attached hydrogen (secondary N) is 1. The Bertz CT molecular complexity index is 555. The minimum atomic E-state index is 0.688. The van der Waals surface area contributed by atoms with Gasteiger partial charge in [0, 0.05) is 18.2 Å². The van der Waals surface area contributed by atoms with Crippen molar-refractivity contribution in [3.05, 3.63) is 41.4 Å². The zero-order valence-electron chi connectivity index (χ0n) is 10.9. The molecule has 1 aromatic carbocycles. The van der Waals surface area contributed by atoms with Crippen molar-refractivity contribution in [1.29, 1.82) is 0 Å². The molecule has 1 fully saturated rings. The maximum atomic E-state index is 5.59. The molecule has 18 heavy (non-hydrogen) atoms. The summed E-state index contributed by atoms with van der Waals surface area (Å²) in [6, 6.07) is 7.10. The van der Waals surface area contributed by atoms with E-state index in [1.165, 1.54) is 24.0 Å². The van der Waals surface area contributed by atoms with Crippen LogP contribution in [-0.4, -0.2) is 11.0 Å². The first-order chi connectivity index (χ1) is 8.74. The second-order valence-corrected chi connectivity index (χ2v) is 5.10. The summed E-state index contributed by atoms with van der Waals surface area (Å²) in [6.07, 6.45) is 4.12. The molecular weight excluding hydrogens is 224 g/mol. The fourth-order valence-electron chi connectivity index (χ4n) is 2.12. The minimum Gasteiger partial charge on any atom is -0.443 e. The normalized spacial score (nSPS) is 15.0. The number of aromatic nitrogens is 1. The van der Waals surface area contributed by atoms with Gasteiger partial charge in [0.2, 0.25) is 0 Å². The summed E-state index contributed by atoms with van der Waals surface area (Å²) in [4.78, 5) is 4.33. The molecule has 0 radical (unpaired) electrons. The molecule has 0 aliphatic heterocycles. The zero-order chi connectivity index (χ0) is 12.5. The molecular formula is C15H18N2O. The van der Waals surface area contributed by atoms with E-state index in [4.69, 9.17) is 4.42 Å². The van der Waals surface area contributed by atoms with Gasteiger partial charge >= 0.3 is 0 Å². The summed E-state index contributed by atoms with van der Waals surface area (Å²) in [5.41, 5.74) is 4.63. The first-order valence-corrected chi connectivity index (χ1v) is 6.47. The van der Waals surface area contributed by atoms with Crippen LogP contribution in [0.3, 0.4) is 0 Å². The van der Waals surface area contributed by atoms with Gasteiger partial charge < -0.3 is 9.73 Å². The van der Waals surface area contributed by atoms with Crippen molar-refractivity contribution in [1.82, 2.24) is 10.3 Å². The Morgan fingerprint density at radius 2 is 2.17 bits per heavy atom. The lowest BCUT2D eigenvalue weighted by Crippen LogP contribution is -2.16. The summed E-state index contributed by atoms with van der Waals surface area (Å²) in [6.45, 7) is 5.00. The molecule has 0 unspecified atom stereocenters. The van der Waals surface area contributed by atoms with Crippen LogP contribution in [0.5, 0.6) is 0 Å². The standard InChI is InChI=1S/C15H18N2O/c1-10-3-4-11(2)13(7-10)15-14(17-9-18-15)8-16-12-5-6-12/h3-4,7,9,12,16H,5-6,8H2,1-2H3. The summed E-state index contributed by atoms with van der Waals surface area (Å²) in [7, 11) is 0. The Kier molecular flexibility index (Phi) is 2.92. The highest BCUT2D eigenvalue weighted by Crippen LogP contribution is 2.28. The van der Waals surface area contributed by atoms with Crippen LogP contribution in [0.4, 0.5) is 0 Å². The molecule has 0 amide bonds. The summed E-state index contributed by atoms with van der Waals surface area (Å²) in [5, 5.41) is 3.48. The van der Waals surface area contributed by atoms with Crippen molar-refractivity contribution in [2.75, 3.05) is 0 Å². The third-order valence-corrected chi connectivity index (χ3v) is 3.41. The Hall–Kier alpha value is -1.61. The number of oxazole rings is 1. The first-order valence-electron chi connectivity index (χ1n) is 6.47. The predicted octanol–water partition coefficient (Wildman–Crippen LogP) is 3.21. The van der Waals surface area contributed by atoms with Crippen LogP contribution in [0.1, 0.15) is 29.7 Å². The molecule has 1 aromatic heterocycles. The van der Waals surface area contributed by atoms with Crippen molar-refractivity contribution >= 4 is 0 Å². The minimum absolute atomic E-state index is 0.688. The van der Waals surface area contributed by atoms with Crippen LogP contribution in [0.15, 0.2) is 29.0 Å². The van der Waals surface area contributed by atoms with E-state index in [1.807, 2.05) is 0 Å². The van der Waals surface area contributed by atoms with Gasteiger partial charge in [-0.1, -0.05) is 17.7 Å². The Morgan fingerprint density at radius 1 is 1.33 bits per heavy atom. The van der Waals surface area contributed by atoms with E-state index in [9.17, 15) is 0 Å². The van der Waals surface area contributed by atoms with E-state index in [-0.39, 0.29) is 0 Å². The molecule has 1 aliphatic rings. The number of hydrogen-bond donors (Lipinski definition) is 1. The monoisotopic (exact) mass is 242 g/mol. The molecule has 0 saturated heterocycles. The van der Waals surface area contributed by atoms with Crippen molar-refractivity contribution in [3.8, 4) is 11.3 Å². The van der Waals surface area contributed by atoms with Gasteiger partial charge in [-0.25, -0.2) is 4.98 Å². The topological polar surface area (TPSA) is 38.1 Å². The maximum absolute atomic E-state index is 5.59. The maximum Gasteiger partial charge on any atom is 0.181 e. The quantitative estimate of drug-likeness (QED) is 0.894. The average Bonchev–Trinajstić information content (AvgIpc) is 3.08. The van der Waals surface area contributed by atoms with Crippen LogP contribution in [0.2, 0.25) is 0 Å². The summed E-state index contributed by atoms with van der Waals surface area (Å²) in [5.74, 6) is 0.907. The summed E-state index contributed by atoms with van der Waals surface area (Å²) >= 11 is 0. The molecule has 3 rings (SSSR count). The van der Waals surface area contributed by atoms with Gasteiger partial charge in [0.05, 0.1) is 0 Å². The number of benzene rings is 1. The highest BCUT2D eigenvalue weighted by atomic mass is 16.3. The van der Waals surface area contributed by atoms with Crippen molar-refractivity contribution in [3.63, 3.8) is 0 Å². The number of aryl methyl sites for hydroxylation is 2. The van der Waals surface area contributed by atoms with Crippen LogP contribution in [0, 0.1) is 13.8 Å². The highest BCUT2D eigenvalue weighted by molar-refractivity contribution is 5.64.